The lowest BCUT2D eigenvalue weighted by molar-refractivity contribution is -0.120. The molecule has 4 rings (SSSR count). The van der Waals surface area contributed by atoms with E-state index in [4.69, 9.17) is 16.7 Å². The molecule has 1 fully saturated rings. The first-order valence-electron chi connectivity index (χ1n) is 9.52. The molecule has 3 heterocycles. The zero-order valence-electron chi connectivity index (χ0n) is 16.1. The van der Waals surface area contributed by atoms with Crippen molar-refractivity contribution in [2.45, 2.75) is 6.92 Å². The zero-order chi connectivity index (χ0) is 20.5. The van der Waals surface area contributed by atoms with Crippen LogP contribution in [0, 0.1) is 6.92 Å². The minimum Gasteiger partial charge on any atom is -0.395 e. The van der Waals surface area contributed by atoms with Crippen LogP contribution in [0.3, 0.4) is 0 Å². The third-order valence-electron chi connectivity index (χ3n) is 5.33. The number of imide groups is 1. The molecule has 0 radical (unpaired) electrons. The Morgan fingerprint density at radius 1 is 1.10 bits per heavy atom. The normalized spacial score (nSPS) is 18.3. The Morgan fingerprint density at radius 2 is 1.86 bits per heavy atom. The van der Waals surface area contributed by atoms with Crippen molar-refractivity contribution in [3.05, 3.63) is 56.9 Å². The number of aliphatic hydroxyl groups is 1. The summed E-state index contributed by atoms with van der Waals surface area (Å²) in [6, 6.07) is 8.94. The predicted octanol–water partition coefficient (Wildman–Crippen LogP) is 2.60. The monoisotopic (exact) mass is 431 g/mol. The minimum absolute atomic E-state index is 0.115. The summed E-state index contributed by atoms with van der Waals surface area (Å²) in [5.41, 5.74) is 2.27. The van der Waals surface area contributed by atoms with Gasteiger partial charge in [0.1, 0.15) is 5.70 Å². The Labute approximate surface area is 178 Å². The van der Waals surface area contributed by atoms with Crippen molar-refractivity contribution in [1.29, 1.82) is 0 Å². The number of rotatable bonds is 5. The highest BCUT2D eigenvalue weighted by molar-refractivity contribution is 7.11. The van der Waals surface area contributed by atoms with Gasteiger partial charge in [0.25, 0.3) is 11.8 Å². The summed E-state index contributed by atoms with van der Waals surface area (Å²) in [5, 5.41) is 11.6. The molecule has 1 saturated heterocycles. The molecule has 2 amide bonds. The van der Waals surface area contributed by atoms with Crippen molar-refractivity contribution < 1.29 is 14.7 Å². The van der Waals surface area contributed by atoms with Crippen molar-refractivity contribution in [2.75, 3.05) is 44.2 Å². The van der Waals surface area contributed by atoms with Gasteiger partial charge >= 0.3 is 0 Å². The van der Waals surface area contributed by atoms with Crippen molar-refractivity contribution in [3.63, 3.8) is 0 Å². The summed E-state index contributed by atoms with van der Waals surface area (Å²) in [6.45, 7) is 5.33. The number of hydrogen-bond acceptors (Lipinski definition) is 6. The van der Waals surface area contributed by atoms with Crippen molar-refractivity contribution in [2.24, 2.45) is 0 Å². The number of thiophene rings is 1. The molecule has 0 unspecified atom stereocenters. The van der Waals surface area contributed by atoms with E-state index >= 15 is 0 Å². The van der Waals surface area contributed by atoms with E-state index in [2.05, 4.69) is 4.90 Å². The second-order valence-electron chi connectivity index (χ2n) is 7.13. The number of amides is 2. The van der Waals surface area contributed by atoms with E-state index in [1.165, 1.54) is 16.2 Å². The average Bonchev–Trinajstić information content (AvgIpc) is 3.30. The van der Waals surface area contributed by atoms with Crippen LogP contribution in [0.2, 0.25) is 5.02 Å². The van der Waals surface area contributed by atoms with Crippen LogP contribution in [0.1, 0.15) is 10.4 Å². The predicted molar refractivity (Wildman–Crippen MR) is 115 cm³/mol. The molecule has 0 bridgehead atoms. The van der Waals surface area contributed by atoms with Gasteiger partial charge in [-0.3, -0.25) is 14.5 Å². The van der Waals surface area contributed by atoms with Crippen LogP contribution in [0.4, 0.5) is 5.69 Å². The number of aliphatic hydroxyl groups excluding tert-OH is 1. The SMILES string of the molecule is Cc1cc(Cl)ccc1N1C(=O)C(c2cccs2)=C(N2CCN(CCO)CC2)C1=O. The van der Waals surface area contributed by atoms with E-state index < -0.39 is 0 Å². The number of carbonyl (C=O) groups excluding carboxylic acids is 2. The molecule has 0 spiro atoms. The van der Waals surface area contributed by atoms with E-state index in [0.717, 1.165) is 23.5 Å². The lowest BCUT2D eigenvalue weighted by atomic mass is 10.1. The highest BCUT2D eigenvalue weighted by atomic mass is 35.5. The van der Waals surface area contributed by atoms with Gasteiger partial charge in [-0.15, -0.1) is 11.3 Å². The molecule has 0 atom stereocenters. The first-order valence-corrected chi connectivity index (χ1v) is 10.8. The number of hydrogen-bond donors (Lipinski definition) is 1. The van der Waals surface area contributed by atoms with Crippen molar-refractivity contribution in [3.8, 4) is 0 Å². The second kappa shape index (κ2) is 8.28. The fourth-order valence-corrected chi connectivity index (χ4v) is 4.87. The van der Waals surface area contributed by atoms with Gasteiger partial charge < -0.3 is 10.0 Å². The van der Waals surface area contributed by atoms with Crippen LogP contribution in [0.5, 0.6) is 0 Å². The Bertz CT molecular complexity index is 966. The second-order valence-corrected chi connectivity index (χ2v) is 8.51. The Hall–Kier alpha value is -2.19. The molecule has 8 heteroatoms. The van der Waals surface area contributed by atoms with Gasteiger partial charge in [0.2, 0.25) is 0 Å². The summed E-state index contributed by atoms with van der Waals surface area (Å²) < 4.78 is 0. The maximum atomic E-state index is 13.5. The van der Waals surface area contributed by atoms with Gasteiger partial charge in [0, 0.05) is 42.6 Å². The highest BCUT2D eigenvalue weighted by Gasteiger charge is 2.43. The third kappa shape index (κ3) is 3.71. The lowest BCUT2D eigenvalue weighted by Gasteiger charge is -2.36. The third-order valence-corrected chi connectivity index (χ3v) is 6.45. The quantitative estimate of drug-likeness (QED) is 0.737. The van der Waals surface area contributed by atoms with E-state index in [0.29, 0.717) is 41.6 Å². The molecule has 2 aliphatic rings. The van der Waals surface area contributed by atoms with E-state index in [1.807, 2.05) is 29.3 Å². The maximum absolute atomic E-state index is 13.5. The molecule has 0 saturated carbocycles. The topological polar surface area (TPSA) is 64.1 Å². The van der Waals surface area contributed by atoms with E-state index in [1.54, 1.807) is 18.2 Å². The number of aryl methyl sites for hydroxylation is 1. The van der Waals surface area contributed by atoms with Crippen molar-refractivity contribution >= 4 is 46.0 Å². The maximum Gasteiger partial charge on any atom is 0.282 e. The largest absolute Gasteiger partial charge is 0.395 e. The Morgan fingerprint density at radius 3 is 2.48 bits per heavy atom. The fourth-order valence-electron chi connectivity index (χ4n) is 3.88. The summed E-state index contributed by atoms with van der Waals surface area (Å²) in [6.07, 6.45) is 0. The average molecular weight is 432 g/mol. The first kappa shape index (κ1) is 20.1. The van der Waals surface area contributed by atoms with Crippen LogP contribution < -0.4 is 4.90 Å². The molecule has 2 aliphatic heterocycles. The Balaban J connectivity index is 1.72. The van der Waals surface area contributed by atoms with Crippen LogP contribution >= 0.6 is 22.9 Å². The number of halogens is 1. The Kier molecular flexibility index (Phi) is 5.74. The first-order chi connectivity index (χ1) is 14.0. The molecule has 152 valence electrons. The van der Waals surface area contributed by atoms with Crippen LogP contribution in [-0.2, 0) is 9.59 Å². The fraction of sp³-hybridized carbons (Fsp3) is 0.333. The molecule has 6 nitrogen and oxygen atoms in total. The van der Waals surface area contributed by atoms with E-state index in [9.17, 15) is 9.59 Å². The molecule has 2 aromatic rings. The summed E-state index contributed by atoms with van der Waals surface area (Å²) in [7, 11) is 0. The van der Waals surface area contributed by atoms with Gasteiger partial charge in [-0.25, -0.2) is 4.90 Å². The number of benzene rings is 1. The lowest BCUT2D eigenvalue weighted by Crippen LogP contribution is -2.48. The van der Waals surface area contributed by atoms with Gasteiger partial charge in [0.05, 0.1) is 17.9 Å². The van der Waals surface area contributed by atoms with Gasteiger partial charge in [-0.2, -0.15) is 0 Å². The molecule has 0 aliphatic carbocycles. The molecular weight excluding hydrogens is 410 g/mol. The zero-order valence-corrected chi connectivity index (χ0v) is 17.7. The van der Waals surface area contributed by atoms with E-state index in [-0.39, 0.29) is 18.4 Å². The number of anilines is 1. The van der Waals surface area contributed by atoms with Crippen molar-refractivity contribution in [1.82, 2.24) is 9.80 Å². The number of nitrogens with zero attached hydrogens (tertiary/aromatic N) is 3. The van der Waals surface area contributed by atoms with Crippen LogP contribution in [0.25, 0.3) is 5.57 Å². The van der Waals surface area contributed by atoms with Crippen LogP contribution in [0.15, 0.2) is 41.4 Å². The molecule has 29 heavy (non-hydrogen) atoms. The smallest absolute Gasteiger partial charge is 0.282 e. The van der Waals surface area contributed by atoms with Gasteiger partial charge in [-0.1, -0.05) is 17.7 Å². The highest BCUT2D eigenvalue weighted by Crippen LogP contribution is 2.38. The van der Waals surface area contributed by atoms with Gasteiger partial charge in [-0.05, 0) is 42.1 Å². The number of carbonyl (C=O) groups is 2. The number of piperazine rings is 1. The minimum atomic E-state index is -0.296. The summed E-state index contributed by atoms with van der Waals surface area (Å²) in [5.74, 6) is -0.588. The molecule has 1 N–H and O–H groups in total. The molecular formula is C21H22ClN3O3S. The molecule has 1 aromatic carbocycles. The van der Waals surface area contributed by atoms with Crippen LogP contribution in [-0.4, -0.2) is 66.1 Å². The summed E-state index contributed by atoms with van der Waals surface area (Å²) in [4.78, 5) is 33.1. The summed E-state index contributed by atoms with van der Waals surface area (Å²) >= 11 is 7.53. The van der Waals surface area contributed by atoms with Gasteiger partial charge in [0.15, 0.2) is 0 Å². The molecule has 1 aromatic heterocycles. The standard InChI is InChI=1S/C21H22ClN3O3S/c1-14-13-15(22)4-5-16(14)25-20(27)18(17-3-2-12-29-17)19(21(25)28)24-8-6-23(7-9-24)10-11-26/h2-5,12-13,26H,6-11H2,1H3. The number of β-amino-alcohol motifs (C(OH)–C–C–N with tert-alkyl or cyclic N) is 1.